The number of carbonyl (C=O) groups is 1. The maximum atomic E-state index is 14.1. The highest BCUT2D eigenvalue weighted by molar-refractivity contribution is 7.97. The normalized spacial score (nSPS) is 11.4. The SMILES string of the molecule is CC(C)(C(=O)c1ccccc1)[P+](c1ccccc1)(c1ccccc1)c1ccccc1.[I-]. The quantitative estimate of drug-likeness (QED) is 0.211. The molecule has 0 radical (unpaired) electrons. The predicted octanol–water partition coefficient (Wildman–Crippen LogP) is 2.65. The Kier molecular flexibility index (Phi) is 7.46. The summed E-state index contributed by atoms with van der Waals surface area (Å²) in [5, 5.41) is 3.02. The highest BCUT2D eigenvalue weighted by Gasteiger charge is 2.61. The van der Waals surface area contributed by atoms with Gasteiger partial charge in [-0.05, 0) is 50.2 Å². The largest absolute Gasteiger partial charge is 1.00 e. The second kappa shape index (κ2) is 9.89. The van der Waals surface area contributed by atoms with Gasteiger partial charge in [0, 0.05) is 5.56 Å². The molecule has 0 aliphatic heterocycles. The Bertz CT molecular complexity index is 1010. The average molecular weight is 536 g/mol. The van der Waals surface area contributed by atoms with Gasteiger partial charge in [-0.25, -0.2) is 0 Å². The number of Topliss-reactive ketones (excluding diaryl/α,β-unsaturated/α-hetero) is 1. The lowest BCUT2D eigenvalue weighted by Gasteiger charge is -2.39. The third kappa shape index (κ3) is 4.12. The molecular formula is C28H26IOP. The molecule has 0 atom stereocenters. The molecule has 0 bridgehead atoms. The van der Waals surface area contributed by atoms with E-state index in [1.54, 1.807) is 0 Å². The number of rotatable bonds is 6. The number of carbonyl (C=O) groups excluding carboxylic acids is 1. The van der Waals surface area contributed by atoms with Crippen molar-refractivity contribution in [3.63, 3.8) is 0 Å². The van der Waals surface area contributed by atoms with Gasteiger partial charge in [-0.2, -0.15) is 0 Å². The van der Waals surface area contributed by atoms with Crippen molar-refractivity contribution in [3.05, 3.63) is 127 Å². The van der Waals surface area contributed by atoms with Crippen LogP contribution in [0.25, 0.3) is 0 Å². The molecule has 0 aromatic heterocycles. The Labute approximate surface area is 202 Å². The maximum absolute atomic E-state index is 14.1. The van der Waals surface area contributed by atoms with Crippen LogP contribution >= 0.6 is 7.26 Å². The van der Waals surface area contributed by atoms with Gasteiger partial charge in [0.15, 0.2) is 5.16 Å². The van der Waals surface area contributed by atoms with E-state index in [1.807, 2.05) is 48.5 Å². The van der Waals surface area contributed by atoms with E-state index in [0.717, 1.165) is 5.56 Å². The Balaban J connectivity index is 0.00000272. The molecule has 31 heavy (non-hydrogen) atoms. The number of hydrogen-bond acceptors (Lipinski definition) is 1. The zero-order chi connectivity index (χ0) is 21.0. The summed E-state index contributed by atoms with van der Waals surface area (Å²) in [5.74, 6) is 0.174. The summed E-state index contributed by atoms with van der Waals surface area (Å²) in [6.07, 6.45) is 0. The summed E-state index contributed by atoms with van der Waals surface area (Å²) >= 11 is 0. The highest BCUT2D eigenvalue weighted by Crippen LogP contribution is 2.66. The van der Waals surface area contributed by atoms with E-state index in [2.05, 4.69) is 86.6 Å². The van der Waals surface area contributed by atoms with Gasteiger partial charge >= 0.3 is 0 Å². The van der Waals surface area contributed by atoms with Crippen LogP contribution in [0.3, 0.4) is 0 Å². The van der Waals surface area contributed by atoms with Gasteiger partial charge in [-0.15, -0.1) is 0 Å². The second-order valence-corrected chi connectivity index (χ2v) is 11.9. The van der Waals surface area contributed by atoms with E-state index < -0.39 is 12.4 Å². The average Bonchev–Trinajstić information content (AvgIpc) is 2.81. The minimum atomic E-state index is -2.33. The predicted molar refractivity (Wildman–Crippen MR) is 130 cm³/mol. The van der Waals surface area contributed by atoms with Crippen LogP contribution in [-0.4, -0.2) is 10.9 Å². The molecule has 0 aliphatic carbocycles. The summed E-state index contributed by atoms with van der Waals surface area (Å²) in [6, 6.07) is 41.4. The first kappa shape index (κ1) is 23.4. The van der Waals surface area contributed by atoms with E-state index in [0.29, 0.717) is 0 Å². The fourth-order valence-electron chi connectivity index (χ4n) is 4.47. The van der Waals surface area contributed by atoms with Gasteiger partial charge in [0.05, 0.1) is 0 Å². The van der Waals surface area contributed by atoms with Gasteiger partial charge < -0.3 is 24.0 Å². The van der Waals surface area contributed by atoms with Crippen molar-refractivity contribution in [2.75, 3.05) is 0 Å². The Morgan fingerprint density at radius 1 is 0.548 bits per heavy atom. The fraction of sp³-hybridized carbons (Fsp3) is 0.107. The van der Waals surface area contributed by atoms with Crippen LogP contribution in [0, 0.1) is 0 Å². The third-order valence-corrected chi connectivity index (χ3v) is 11.0. The first-order chi connectivity index (χ1) is 14.6. The zero-order valence-electron chi connectivity index (χ0n) is 17.8. The van der Waals surface area contributed by atoms with Crippen molar-refractivity contribution < 1.29 is 28.8 Å². The number of hydrogen-bond donors (Lipinski definition) is 0. The smallest absolute Gasteiger partial charge is 0.206 e. The van der Waals surface area contributed by atoms with Gasteiger partial charge in [-0.1, -0.05) is 84.9 Å². The van der Waals surface area contributed by atoms with E-state index in [1.165, 1.54) is 15.9 Å². The van der Waals surface area contributed by atoms with Gasteiger partial charge in [0.1, 0.15) is 23.2 Å². The standard InChI is InChI=1S/C28H26OP.HI/c1-28(2,27(29)23-15-7-3-8-16-23)30(24-17-9-4-10-18-24,25-19-11-5-12-20-25)26-21-13-6-14-22-26;/h3-22H,1-2H3;1H/q+1;/p-1. The van der Waals surface area contributed by atoms with Gasteiger partial charge in [-0.3, -0.25) is 4.79 Å². The van der Waals surface area contributed by atoms with E-state index in [-0.39, 0.29) is 29.8 Å². The summed E-state index contributed by atoms with van der Waals surface area (Å²) in [6.45, 7) is 4.26. The first-order valence-corrected chi connectivity index (χ1v) is 12.0. The number of benzene rings is 4. The van der Waals surface area contributed by atoms with Gasteiger partial charge in [0.2, 0.25) is 5.78 Å². The molecule has 3 heteroatoms. The lowest BCUT2D eigenvalue weighted by atomic mass is 10.0. The number of ketones is 1. The van der Waals surface area contributed by atoms with Crippen LogP contribution in [-0.2, 0) is 0 Å². The summed E-state index contributed by atoms with van der Waals surface area (Å²) in [5.41, 5.74) is 0.759. The Morgan fingerprint density at radius 2 is 0.839 bits per heavy atom. The van der Waals surface area contributed by atoms with E-state index in [9.17, 15) is 4.79 Å². The minimum Gasteiger partial charge on any atom is -1.00 e. The molecule has 4 aromatic rings. The molecule has 4 aromatic carbocycles. The van der Waals surface area contributed by atoms with Crippen LogP contribution in [0.4, 0.5) is 0 Å². The van der Waals surface area contributed by atoms with E-state index in [4.69, 9.17) is 0 Å². The van der Waals surface area contributed by atoms with Crippen LogP contribution < -0.4 is 39.9 Å². The summed E-state index contributed by atoms with van der Waals surface area (Å²) in [7, 11) is -2.33. The van der Waals surface area contributed by atoms with Crippen LogP contribution in [0.5, 0.6) is 0 Å². The van der Waals surface area contributed by atoms with Crippen molar-refractivity contribution in [2.24, 2.45) is 0 Å². The lowest BCUT2D eigenvalue weighted by Crippen LogP contribution is -3.00. The maximum Gasteiger partial charge on any atom is 0.206 e. The molecule has 0 N–H and O–H groups in total. The minimum absolute atomic E-state index is 0. The van der Waals surface area contributed by atoms with Crippen LogP contribution in [0.15, 0.2) is 121 Å². The molecule has 0 heterocycles. The molecule has 0 unspecified atom stereocenters. The van der Waals surface area contributed by atoms with Gasteiger partial charge in [0.25, 0.3) is 0 Å². The number of halogens is 1. The lowest BCUT2D eigenvalue weighted by molar-refractivity contribution is -0.0000132. The summed E-state index contributed by atoms with van der Waals surface area (Å²) < 4.78 is 0. The van der Waals surface area contributed by atoms with Crippen LogP contribution in [0.1, 0.15) is 24.2 Å². The Hall–Kier alpha value is -2.29. The molecule has 0 saturated carbocycles. The molecule has 4 rings (SSSR count). The monoisotopic (exact) mass is 536 g/mol. The molecule has 0 saturated heterocycles. The van der Waals surface area contributed by atoms with Crippen molar-refractivity contribution in [1.29, 1.82) is 0 Å². The van der Waals surface area contributed by atoms with Crippen molar-refractivity contribution >= 4 is 29.0 Å². The molecular weight excluding hydrogens is 510 g/mol. The van der Waals surface area contributed by atoms with Crippen molar-refractivity contribution in [3.8, 4) is 0 Å². The third-order valence-electron chi connectivity index (χ3n) is 5.86. The first-order valence-electron chi connectivity index (χ1n) is 10.2. The second-order valence-electron chi connectivity index (χ2n) is 7.93. The summed E-state index contributed by atoms with van der Waals surface area (Å²) in [4.78, 5) is 14.1. The van der Waals surface area contributed by atoms with Crippen LogP contribution in [0.2, 0.25) is 0 Å². The molecule has 0 aliphatic rings. The zero-order valence-corrected chi connectivity index (χ0v) is 20.8. The van der Waals surface area contributed by atoms with Crippen molar-refractivity contribution in [2.45, 2.75) is 19.0 Å². The molecule has 0 spiro atoms. The fourth-order valence-corrected chi connectivity index (χ4v) is 9.59. The molecule has 0 amide bonds. The highest BCUT2D eigenvalue weighted by atomic mass is 127. The molecule has 0 fully saturated rings. The molecule has 1 nitrogen and oxygen atoms in total. The van der Waals surface area contributed by atoms with Crippen molar-refractivity contribution in [1.82, 2.24) is 0 Å². The Morgan fingerprint density at radius 3 is 1.16 bits per heavy atom. The van der Waals surface area contributed by atoms with E-state index >= 15 is 0 Å². The topological polar surface area (TPSA) is 17.1 Å². The molecule has 156 valence electrons.